The minimum absolute atomic E-state index is 0.104. The normalized spacial score (nSPS) is 12.1. The Bertz CT molecular complexity index is 1240. The summed E-state index contributed by atoms with van der Waals surface area (Å²) in [6, 6.07) is 19.1. The monoisotopic (exact) mass is 560 g/mol. The number of nitrogens with one attached hydrogen (secondary N) is 1. The summed E-state index contributed by atoms with van der Waals surface area (Å²) in [6.45, 7) is 7.40. The number of aryl methyl sites for hydroxylation is 1. The molecule has 0 saturated heterocycles. The lowest BCUT2D eigenvalue weighted by Gasteiger charge is -2.34. The molecule has 3 rings (SSSR count). The van der Waals surface area contributed by atoms with E-state index in [4.69, 9.17) is 39.5 Å². The number of carbonyl (C=O) groups is 2. The van der Waals surface area contributed by atoms with Gasteiger partial charge in [0.1, 0.15) is 11.8 Å². The van der Waals surface area contributed by atoms with Gasteiger partial charge in [-0.2, -0.15) is 0 Å². The highest BCUT2D eigenvalue weighted by atomic mass is 35.5. The van der Waals surface area contributed by atoms with Gasteiger partial charge in [0.05, 0.1) is 0 Å². The van der Waals surface area contributed by atoms with Crippen LogP contribution in [0.4, 0.5) is 0 Å². The standard InChI is InChI=1S/C29H31Cl3N2O3/c1-19-14-23(12-13-24(19)31)37-18-27(35)34(17-21-10-11-22(30)16-25(21)32)26(28(36)33-29(2,3)4)15-20-8-6-5-7-9-20/h5-14,16,26H,15,17-18H2,1-4H3,(H,33,36)/t26-/m0/s1. The molecular formula is C29H31Cl3N2O3. The maximum absolute atomic E-state index is 13.7. The van der Waals surface area contributed by atoms with Crippen LogP contribution in [0, 0.1) is 6.92 Å². The fourth-order valence-corrected chi connectivity index (χ4v) is 4.36. The zero-order valence-electron chi connectivity index (χ0n) is 21.4. The number of rotatable bonds is 9. The Kier molecular flexibility index (Phi) is 9.88. The van der Waals surface area contributed by atoms with Crippen LogP contribution in [0.2, 0.25) is 15.1 Å². The molecule has 196 valence electrons. The number of benzene rings is 3. The Morgan fingerprint density at radius 3 is 2.27 bits per heavy atom. The lowest BCUT2D eigenvalue weighted by molar-refractivity contribution is -0.143. The van der Waals surface area contributed by atoms with Gasteiger partial charge in [0, 0.05) is 33.6 Å². The van der Waals surface area contributed by atoms with Gasteiger partial charge < -0.3 is 15.0 Å². The van der Waals surface area contributed by atoms with Crippen LogP contribution in [0.15, 0.2) is 66.7 Å². The smallest absolute Gasteiger partial charge is 0.261 e. The number of hydrogen-bond donors (Lipinski definition) is 1. The molecule has 0 aliphatic heterocycles. The van der Waals surface area contributed by atoms with Crippen molar-refractivity contribution < 1.29 is 14.3 Å². The number of hydrogen-bond acceptors (Lipinski definition) is 3. The van der Waals surface area contributed by atoms with Gasteiger partial charge in [-0.1, -0.05) is 71.2 Å². The zero-order chi connectivity index (χ0) is 27.2. The van der Waals surface area contributed by atoms with E-state index in [1.165, 1.54) is 4.90 Å². The molecule has 0 unspecified atom stereocenters. The summed E-state index contributed by atoms with van der Waals surface area (Å²) in [7, 11) is 0. The highest BCUT2D eigenvalue weighted by Crippen LogP contribution is 2.25. The maximum atomic E-state index is 13.7. The molecule has 0 radical (unpaired) electrons. The van der Waals surface area contributed by atoms with Gasteiger partial charge in [-0.25, -0.2) is 0 Å². The van der Waals surface area contributed by atoms with E-state index in [1.807, 2.05) is 58.0 Å². The average molecular weight is 562 g/mol. The summed E-state index contributed by atoms with van der Waals surface area (Å²) >= 11 is 18.7. The molecule has 1 N–H and O–H groups in total. The van der Waals surface area contributed by atoms with Crippen molar-refractivity contribution in [1.82, 2.24) is 10.2 Å². The first-order valence-electron chi connectivity index (χ1n) is 11.9. The van der Waals surface area contributed by atoms with E-state index < -0.39 is 11.6 Å². The molecule has 3 aromatic carbocycles. The minimum Gasteiger partial charge on any atom is -0.484 e. The topological polar surface area (TPSA) is 58.6 Å². The van der Waals surface area contributed by atoms with Crippen LogP contribution in [-0.2, 0) is 22.6 Å². The van der Waals surface area contributed by atoms with Gasteiger partial charge in [0.2, 0.25) is 5.91 Å². The molecule has 1 atom stereocenters. The average Bonchev–Trinajstić information content (AvgIpc) is 2.82. The van der Waals surface area contributed by atoms with E-state index in [0.717, 1.165) is 11.1 Å². The number of ether oxygens (including phenoxy) is 1. The molecule has 3 aromatic rings. The van der Waals surface area contributed by atoms with E-state index in [1.54, 1.807) is 36.4 Å². The molecule has 2 amide bonds. The fourth-order valence-electron chi connectivity index (χ4n) is 3.78. The molecule has 0 spiro atoms. The van der Waals surface area contributed by atoms with Crippen molar-refractivity contribution in [2.24, 2.45) is 0 Å². The van der Waals surface area contributed by atoms with Crippen LogP contribution < -0.4 is 10.1 Å². The predicted octanol–water partition coefficient (Wildman–Crippen LogP) is 6.89. The molecule has 5 nitrogen and oxygen atoms in total. The molecule has 0 aliphatic carbocycles. The van der Waals surface area contributed by atoms with Crippen molar-refractivity contribution in [3.63, 3.8) is 0 Å². The van der Waals surface area contributed by atoms with Gasteiger partial charge >= 0.3 is 0 Å². The molecule has 8 heteroatoms. The van der Waals surface area contributed by atoms with Gasteiger partial charge in [-0.05, 0) is 74.7 Å². The summed E-state index contributed by atoms with van der Waals surface area (Å²) in [6.07, 6.45) is 0.319. The van der Waals surface area contributed by atoms with Crippen LogP contribution in [0.3, 0.4) is 0 Å². The summed E-state index contributed by atoms with van der Waals surface area (Å²) < 4.78 is 5.82. The number of nitrogens with zero attached hydrogens (tertiary/aromatic N) is 1. The van der Waals surface area contributed by atoms with Crippen molar-refractivity contribution in [2.75, 3.05) is 6.61 Å². The highest BCUT2D eigenvalue weighted by Gasteiger charge is 2.33. The summed E-state index contributed by atoms with van der Waals surface area (Å²) in [5.74, 6) is -0.112. The second-order valence-electron chi connectivity index (χ2n) is 9.90. The van der Waals surface area contributed by atoms with Crippen LogP contribution in [-0.4, -0.2) is 34.9 Å². The fraction of sp³-hybridized carbons (Fsp3) is 0.310. The van der Waals surface area contributed by atoms with Crippen LogP contribution in [0.25, 0.3) is 0 Å². The third-order valence-electron chi connectivity index (χ3n) is 5.62. The third kappa shape index (κ3) is 8.67. The van der Waals surface area contributed by atoms with E-state index in [-0.39, 0.29) is 25.0 Å². The first kappa shape index (κ1) is 28.8. The summed E-state index contributed by atoms with van der Waals surface area (Å²) in [4.78, 5) is 28.8. The van der Waals surface area contributed by atoms with E-state index in [0.29, 0.717) is 32.8 Å². The Balaban J connectivity index is 1.96. The van der Waals surface area contributed by atoms with Crippen molar-refractivity contribution in [3.05, 3.63) is 98.5 Å². The quantitative estimate of drug-likeness (QED) is 0.309. The molecular weight excluding hydrogens is 531 g/mol. The van der Waals surface area contributed by atoms with Crippen molar-refractivity contribution in [3.8, 4) is 5.75 Å². The number of carbonyl (C=O) groups excluding carboxylic acids is 2. The predicted molar refractivity (Wildman–Crippen MR) is 151 cm³/mol. The maximum Gasteiger partial charge on any atom is 0.261 e. The van der Waals surface area contributed by atoms with Gasteiger partial charge in [-0.3, -0.25) is 9.59 Å². The van der Waals surface area contributed by atoms with Crippen molar-refractivity contribution in [1.29, 1.82) is 0 Å². The molecule has 0 bridgehead atoms. The molecule has 0 fully saturated rings. The Morgan fingerprint density at radius 2 is 1.65 bits per heavy atom. The first-order chi connectivity index (χ1) is 17.4. The minimum atomic E-state index is -0.809. The summed E-state index contributed by atoms with van der Waals surface area (Å²) in [5, 5.41) is 4.54. The third-order valence-corrected chi connectivity index (χ3v) is 6.63. The van der Waals surface area contributed by atoms with E-state index >= 15 is 0 Å². The van der Waals surface area contributed by atoms with Crippen molar-refractivity contribution >= 4 is 46.6 Å². The van der Waals surface area contributed by atoms with Crippen LogP contribution >= 0.6 is 34.8 Å². The van der Waals surface area contributed by atoms with Gasteiger partial charge in [0.25, 0.3) is 5.91 Å². The number of amides is 2. The zero-order valence-corrected chi connectivity index (χ0v) is 23.6. The molecule has 0 saturated carbocycles. The van der Waals surface area contributed by atoms with Gasteiger partial charge in [-0.15, -0.1) is 0 Å². The van der Waals surface area contributed by atoms with Crippen molar-refractivity contribution in [2.45, 2.75) is 52.2 Å². The Labute approximate surface area is 233 Å². The molecule has 37 heavy (non-hydrogen) atoms. The Hall–Kier alpha value is -2.73. The highest BCUT2D eigenvalue weighted by molar-refractivity contribution is 6.35. The first-order valence-corrected chi connectivity index (χ1v) is 13.0. The second kappa shape index (κ2) is 12.7. The number of halogens is 3. The van der Waals surface area contributed by atoms with E-state index in [9.17, 15) is 9.59 Å². The lowest BCUT2D eigenvalue weighted by atomic mass is 10.0. The summed E-state index contributed by atoms with van der Waals surface area (Å²) in [5.41, 5.74) is 1.94. The van der Waals surface area contributed by atoms with Gasteiger partial charge in [0.15, 0.2) is 6.61 Å². The molecule has 0 aromatic heterocycles. The lowest BCUT2D eigenvalue weighted by Crippen LogP contribution is -2.55. The van der Waals surface area contributed by atoms with Crippen LogP contribution in [0.5, 0.6) is 5.75 Å². The molecule has 0 aliphatic rings. The Morgan fingerprint density at radius 1 is 0.946 bits per heavy atom. The van der Waals surface area contributed by atoms with E-state index in [2.05, 4.69) is 5.32 Å². The largest absolute Gasteiger partial charge is 0.484 e. The second-order valence-corrected chi connectivity index (χ2v) is 11.2. The van der Waals surface area contributed by atoms with Crippen LogP contribution in [0.1, 0.15) is 37.5 Å². The molecule has 0 heterocycles. The SMILES string of the molecule is Cc1cc(OCC(=O)N(Cc2ccc(Cl)cc2Cl)[C@@H](Cc2ccccc2)C(=O)NC(C)(C)C)ccc1Cl.